The minimum atomic E-state index is -0.704. The number of fused-ring (bicyclic) bond motifs is 1. The molecule has 20 heavy (non-hydrogen) atoms. The molecule has 2 aromatic rings. The quantitative estimate of drug-likeness (QED) is 0.361. The first-order valence-electron chi connectivity index (χ1n) is 6.17. The number of carbonyl (C=O) groups is 1. The molecule has 0 aliphatic heterocycles. The van der Waals surface area contributed by atoms with Crippen LogP contribution in [0, 0.1) is 0 Å². The molecule has 6 N–H and O–H groups in total. The minimum Gasteiger partial charge on any atom is -0.399 e. The average Bonchev–Trinajstić information content (AvgIpc) is 2.42. The number of amides is 1. The van der Waals surface area contributed by atoms with Gasteiger partial charge in [-0.05, 0) is 35.6 Å². The summed E-state index contributed by atoms with van der Waals surface area (Å²) in [7, 11) is 0. The molecule has 0 aliphatic carbocycles. The van der Waals surface area contributed by atoms with Gasteiger partial charge in [-0.2, -0.15) is 0 Å². The Balaban J connectivity index is 2.35. The van der Waals surface area contributed by atoms with E-state index in [0.29, 0.717) is 12.1 Å². The second-order valence-electron chi connectivity index (χ2n) is 4.66. The standard InChI is InChI=1S/C14H16IN3O2/c15-18-12-7-10(16)6-9-5-8(1-2-11(9)12)13(19)3-4-14(17)20/h1-2,5-7,13,18-19H,3-4,16H2,(H2,17,20). The highest BCUT2D eigenvalue weighted by Crippen LogP contribution is 2.30. The normalized spacial score (nSPS) is 12.3. The van der Waals surface area contributed by atoms with Crippen molar-refractivity contribution in [2.45, 2.75) is 18.9 Å². The Morgan fingerprint density at radius 3 is 2.75 bits per heavy atom. The largest absolute Gasteiger partial charge is 0.399 e. The van der Waals surface area contributed by atoms with Crippen LogP contribution < -0.4 is 15.0 Å². The molecule has 0 aromatic heterocycles. The molecule has 0 fully saturated rings. The highest BCUT2D eigenvalue weighted by atomic mass is 127. The van der Waals surface area contributed by atoms with Gasteiger partial charge in [-0.3, -0.25) is 4.79 Å². The molecule has 0 bridgehead atoms. The van der Waals surface area contributed by atoms with Crippen LogP contribution in [0.25, 0.3) is 10.8 Å². The van der Waals surface area contributed by atoms with E-state index in [0.717, 1.165) is 22.0 Å². The van der Waals surface area contributed by atoms with Gasteiger partial charge in [0.2, 0.25) is 5.91 Å². The van der Waals surface area contributed by atoms with E-state index in [2.05, 4.69) is 26.4 Å². The number of anilines is 2. The van der Waals surface area contributed by atoms with E-state index in [1.807, 2.05) is 30.3 Å². The predicted molar refractivity (Wildman–Crippen MR) is 89.4 cm³/mol. The van der Waals surface area contributed by atoms with Crippen LogP contribution in [0.1, 0.15) is 24.5 Å². The zero-order valence-electron chi connectivity index (χ0n) is 10.8. The molecule has 1 atom stereocenters. The fourth-order valence-electron chi connectivity index (χ4n) is 2.14. The number of halogens is 1. The second-order valence-corrected chi connectivity index (χ2v) is 5.20. The van der Waals surface area contributed by atoms with Crippen molar-refractivity contribution in [2.24, 2.45) is 5.73 Å². The lowest BCUT2D eigenvalue weighted by Gasteiger charge is -2.13. The van der Waals surface area contributed by atoms with Crippen LogP contribution in [-0.2, 0) is 4.79 Å². The molecule has 5 nitrogen and oxygen atoms in total. The fourth-order valence-corrected chi connectivity index (χ4v) is 2.59. The number of rotatable bonds is 5. The maximum absolute atomic E-state index is 10.8. The number of benzene rings is 2. The number of primary amides is 1. The topological polar surface area (TPSA) is 101 Å². The Bertz CT molecular complexity index is 646. The summed E-state index contributed by atoms with van der Waals surface area (Å²) >= 11 is 2.05. The Morgan fingerprint density at radius 1 is 1.35 bits per heavy atom. The summed E-state index contributed by atoms with van der Waals surface area (Å²) < 4.78 is 3.07. The monoisotopic (exact) mass is 385 g/mol. The number of hydrogen-bond acceptors (Lipinski definition) is 4. The van der Waals surface area contributed by atoms with E-state index in [9.17, 15) is 9.90 Å². The SMILES string of the molecule is NC(=O)CCC(O)c1ccc2c(NI)cc(N)cc2c1. The third-order valence-electron chi connectivity index (χ3n) is 3.15. The number of nitrogens with one attached hydrogen (secondary N) is 1. The van der Waals surface area contributed by atoms with Crippen molar-refractivity contribution < 1.29 is 9.90 Å². The molecular weight excluding hydrogens is 369 g/mol. The van der Waals surface area contributed by atoms with Gasteiger partial charge in [0.15, 0.2) is 0 Å². The molecule has 0 aliphatic rings. The Kier molecular flexibility index (Phi) is 4.66. The molecule has 2 aromatic carbocycles. The first-order chi connectivity index (χ1) is 9.51. The molecular formula is C14H16IN3O2. The van der Waals surface area contributed by atoms with Crippen molar-refractivity contribution in [3.63, 3.8) is 0 Å². The van der Waals surface area contributed by atoms with Crippen LogP contribution in [0.2, 0.25) is 0 Å². The number of aliphatic hydroxyl groups is 1. The van der Waals surface area contributed by atoms with Gasteiger partial charge in [-0.15, -0.1) is 0 Å². The lowest BCUT2D eigenvalue weighted by Crippen LogP contribution is -2.12. The van der Waals surface area contributed by atoms with Crippen molar-refractivity contribution in [1.82, 2.24) is 0 Å². The third kappa shape index (κ3) is 3.31. The second kappa shape index (κ2) is 6.27. The van der Waals surface area contributed by atoms with Gasteiger partial charge in [0.25, 0.3) is 0 Å². The fraction of sp³-hybridized carbons (Fsp3) is 0.214. The molecule has 0 saturated carbocycles. The van der Waals surface area contributed by atoms with Gasteiger partial charge in [-0.25, -0.2) is 0 Å². The summed E-state index contributed by atoms with van der Waals surface area (Å²) in [6, 6.07) is 9.38. The summed E-state index contributed by atoms with van der Waals surface area (Å²) in [6.45, 7) is 0. The number of nitrogen functional groups attached to an aromatic ring is 1. The molecule has 6 heteroatoms. The number of carbonyl (C=O) groups excluding carboxylic acids is 1. The number of hydrogen-bond donors (Lipinski definition) is 4. The highest BCUT2D eigenvalue weighted by molar-refractivity contribution is 14.1. The zero-order chi connectivity index (χ0) is 14.7. The van der Waals surface area contributed by atoms with E-state index in [1.165, 1.54) is 0 Å². The van der Waals surface area contributed by atoms with Crippen LogP contribution in [0.4, 0.5) is 11.4 Å². The van der Waals surface area contributed by atoms with E-state index >= 15 is 0 Å². The van der Waals surface area contributed by atoms with Gasteiger partial charge in [-0.1, -0.05) is 12.1 Å². The van der Waals surface area contributed by atoms with Crippen LogP contribution in [0.3, 0.4) is 0 Å². The summed E-state index contributed by atoms with van der Waals surface area (Å²) in [4.78, 5) is 10.8. The highest BCUT2D eigenvalue weighted by Gasteiger charge is 2.11. The van der Waals surface area contributed by atoms with Crippen LogP contribution in [0.15, 0.2) is 30.3 Å². The molecule has 0 radical (unpaired) electrons. The average molecular weight is 385 g/mol. The predicted octanol–water partition coefficient (Wildman–Crippen LogP) is 2.48. The van der Waals surface area contributed by atoms with Crippen molar-refractivity contribution in [3.05, 3.63) is 35.9 Å². The van der Waals surface area contributed by atoms with Crippen molar-refractivity contribution in [1.29, 1.82) is 0 Å². The van der Waals surface area contributed by atoms with E-state index in [-0.39, 0.29) is 6.42 Å². The van der Waals surface area contributed by atoms with Crippen LogP contribution >= 0.6 is 22.9 Å². The van der Waals surface area contributed by atoms with Crippen LogP contribution in [0.5, 0.6) is 0 Å². The molecule has 1 amide bonds. The van der Waals surface area contributed by atoms with Gasteiger partial charge in [0, 0.05) is 17.5 Å². The van der Waals surface area contributed by atoms with Crippen molar-refractivity contribution in [3.8, 4) is 0 Å². The van der Waals surface area contributed by atoms with Gasteiger partial charge < -0.3 is 20.1 Å². The number of aliphatic hydroxyl groups excluding tert-OH is 1. The first kappa shape index (κ1) is 14.9. The number of nitrogens with two attached hydrogens (primary N) is 2. The summed E-state index contributed by atoms with van der Waals surface area (Å²) in [5, 5.41) is 12.0. The zero-order valence-corrected chi connectivity index (χ0v) is 12.9. The van der Waals surface area contributed by atoms with Gasteiger partial charge >= 0.3 is 0 Å². The van der Waals surface area contributed by atoms with E-state index in [4.69, 9.17) is 11.5 Å². The first-order valence-corrected chi connectivity index (χ1v) is 7.25. The molecule has 0 saturated heterocycles. The molecule has 0 spiro atoms. The molecule has 2 rings (SSSR count). The van der Waals surface area contributed by atoms with E-state index in [1.54, 1.807) is 0 Å². The Morgan fingerprint density at radius 2 is 2.10 bits per heavy atom. The maximum atomic E-state index is 10.8. The van der Waals surface area contributed by atoms with E-state index < -0.39 is 12.0 Å². The lowest BCUT2D eigenvalue weighted by molar-refractivity contribution is -0.118. The smallest absolute Gasteiger partial charge is 0.217 e. The molecule has 0 heterocycles. The summed E-state index contributed by atoms with van der Waals surface area (Å²) in [6.07, 6.45) is -0.221. The minimum absolute atomic E-state index is 0.163. The molecule has 106 valence electrons. The lowest BCUT2D eigenvalue weighted by atomic mass is 9.99. The van der Waals surface area contributed by atoms with Crippen molar-refractivity contribution in [2.75, 3.05) is 9.26 Å². The summed E-state index contributed by atoms with van der Waals surface area (Å²) in [5.41, 5.74) is 13.3. The maximum Gasteiger partial charge on any atom is 0.217 e. The Labute approximate surface area is 130 Å². The molecule has 1 unspecified atom stereocenters. The summed E-state index contributed by atoms with van der Waals surface area (Å²) in [5.74, 6) is -0.412. The van der Waals surface area contributed by atoms with Crippen LogP contribution in [-0.4, -0.2) is 11.0 Å². The Hall–Kier alpha value is -1.54. The van der Waals surface area contributed by atoms with Gasteiger partial charge in [0.05, 0.1) is 34.7 Å². The van der Waals surface area contributed by atoms with Gasteiger partial charge in [0.1, 0.15) is 0 Å². The third-order valence-corrected chi connectivity index (χ3v) is 3.73. The van der Waals surface area contributed by atoms with Crippen molar-refractivity contribution >= 4 is 50.9 Å².